The van der Waals surface area contributed by atoms with Gasteiger partial charge in [0.2, 0.25) is 0 Å². The second kappa shape index (κ2) is 6.14. The van der Waals surface area contributed by atoms with E-state index >= 15 is 0 Å². The Morgan fingerprint density at radius 1 is 1.23 bits per heavy atom. The van der Waals surface area contributed by atoms with Gasteiger partial charge in [-0.05, 0) is 12.8 Å². The first-order chi connectivity index (χ1) is 6.33. The summed E-state index contributed by atoms with van der Waals surface area (Å²) in [5.74, 6) is 0. The van der Waals surface area contributed by atoms with Crippen molar-refractivity contribution in [3.05, 3.63) is 30.6 Å². The van der Waals surface area contributed by atoms with E-state index in [9.17, 15) is 0 Å². The highest BCUT2D eigenvalue weighted by molar-refractivity contribution is 9.09. The summed E-state index contributed by atoms with van der Waals surface area (Å²) in [6.45, 7) is 3.35. The average Bonchev–Trinajstić information content (AvgIpc) is 2.19. The Hall–Kier alpha value is -0.370. The minimum atomic E-state index is 0.691. The van der Waals surface area contributed by atoms with Crippen LogP contribution < -0.4 is 4.57 Å². The summed E-state index contributed by atoms with van der Waals surface area (Å²) < 4.78 is 2.23. The van der Waals surface area contributed by atoms with Crippen LogP contribution in [0.1, 0.15) is 26.2 Å². The van der Waals surface area contributed by atoms with E-state index in [1.807, 2.05) is 0 Å². The van der Waals surface area contributed by atoms with Crippen LogP contribution in [0.2, 0.25) is 0 Å². The summed E-state index contributed by atoms with van der Waals surface area (Å²) in [5, 5.41) is 0. The van der Waals surface area contributed by atoms with Crippen molar-refractivity contribution in [2.24, 2.45) is 0 Å². The molecule has 13 heavy (non-hydrogen) atoms. The van der Waals surface area contributed by atoms with Crippen molar-refractivity contribution in [3.63, 3.8) is 0 Å². The van der Waals surface area contributed by atoms with Crippen LogP contribution >= 0.6 is 15.9 Å². The van der Waals surface area contributed by atoms with Gasteiger partial charge in [0.25, 0.3) is 0 Å². The summed E-state index contributed by atoms with van der Waals surface area (Å²) in [7, 11) is 0. The third-order valence-corrected chi connectivity index (χ3v) is 3.26. The van der Waals surface area contributed by atoms with E-state index in [1.165, 1.54) is 19.3 Å². The van der Waals surface area contributed by atoms with Crippen LogP contribution in [0, 0.1) is 0 Å². The maximum Gasteiger partial charge on any atom is 0.168 e. The Morgan fingerprint density at radius 2 is 1.92 bits per heavy atom. The number of hydrogen-bond acceptors (Lipinski definition) is 0. The lowest BCUT2D eigenvalue weighted by Crippen LogP contribution is -2.32. The van der Waals surface area contributed by atoms with Gasteiger partial charge < -0.3 is 0 Å². The molecule has 0 aliphatic carbocycles. The van der Waals surface area contributed by atoms with Crippen molar-refractivity contribution in [2.75, 3.05) is 0 Å². The van der Waals surface area contributed by atoms with Crippen LogP contribution in [0.15, 0.2) is 30.6 Å². The highest BCUT2D eigenvalue weighted by Gasteiger charge is 2.02. The lowest BCUT2D eigenvalue weighted by Gasteiger charge is -2.03. The first-order valence-electron chi connectivity index (χ1n) is 4.91. The van der Waals surface area contributed by atoms with Gasteiger partial charge in [-0.1, -0.05) is 28.9 Å². The standard InChI is InChI=1S/C11H17BrN/c1-2-11(12)7-6-10-13-8-4-3-5-9-13/h3-5,8-9,11H,2,6-7,10H2,1H3/q+1. The Labute approximate surface area is 88.9 Å². The topological polar surface area (TPSA) is 3.88 Å². The van der Waals surface area contributed by atoms with Crippen molar-refractivity contribution in [2.45, 2.75) is 37.6 Å². The third kappa shape index (κ3) is 4.41. The quantitative estimate of drug-likeness (QED) is 0.553. The summed E-state index contributed by atoms with van der Waals surface area (Å²) in [4.78, 5) is 0.691. The predicted molar refractivity (Wildman–Crippen MR) is 58.9 cm³/mol. The summed E-state index contributed by atoms with van der Waals surface area (Å²) in [5.41, 5.74) is 0. The van der Waals surface area contributed by atoms with Gasteiger partial charge in [-0.3, -0.25) is 0 Å². The van der Waals surface area contributed by atoms with Crippen LogP contribution in [-0.2, 0) is 6.54 Å². The molecule has 1 aromatic rings. The number of hydrogen-bond donors (Lipinski definition) is 0. The molecule has 0 radical (unpaired) electrons. The summed E-state index contributed by atoms with van der Waals surface area (Å²) in [6.07, 6.45) is 7.97. The van der Waals surface area contributed by atoms with Crippen LogP contribution in [-0.4, -0.2) is 4.83 Å². The van der Waals surface area contributed by atoms with Gasteiger partial charge in [0.1, 0.15) is 6.54 Å². The molecule has 72 valence electrons. The zero-order valence-electron chi connectivity index (χ0n) is 8.12. The van der Waals surface area contributed by atoms with Crippen molar-refractivity contribution in [3.8, 4) is 0 Å². The fourth-order valence-corrected chi connectivity index (χ4v) is 1.61. The molecule has 1 nitrogen and oxygen atoms in total. The Kier molecular flexibility index (Phi) is 5.06. The fourth-order valence-electron chi connectivity index (χ4n) is 1.28. The van der Waals surface area contributed by atoms with E-state index in [4.69, 9.17) is 0 Å². The first-order valence-corrected chi connectivity index (χ1v) is 5.82. The molecule has 1 rings (SSSR count). The maximum atomic E-state index is 3.64. The lowest BCUT2D eigenvalue weighted by molar-refractivity contribution is -0.697. The molecule has 0 N–H and O–H groups in total. The van der Waals surface area contributed by atoms with Crippen molar-refractivity contribution < 1.29 is 4.57 Å². The minimum absolute atomic E-state index is 0.691. The number of rotatable bonds is 5. The zero-order valence-corrected chi connectivity index (χ0v) is 9.70. The molecule has 0 bridgehead atoms. The Balaban J connectivity index is 2.20. The number of pyridine rings is 1. The molecule has 1 aromatic heterocycles. The van der Waals surface area contributed by atoms with Crippen molar-refractivity contribution in [1.29, 1.82) is 0 Å². The van der Waals surface area contributed by atoms with Gasteiger partial charge in [0.05, 0.1) is 0 Å². The zero-order chi connectivity index (χ0) is 9.52. The van der Waals surface area contributed by atoms with Crippen molar-refractivity contribution in [1.82, 2.24) is 0 Å². The number of aromatic nitrogens is 1. The number of halogens is 1. The molecule has 0 aromatic carbocycles. The van der Waals surface area contributed by atoms with E-state index in [2.05, 4.69) is 58.0 Å². The number of nitrogens with zero attached hydrogens (tertiary/aromatic N) is 1. The molecule has 1 unspecified atom stereocenters. The van der Waals surface area contributed by atoms with E-state index < -0.39 is 0 Å². The van der Waals surface area contributed by atoms with Gasteiger partial charge in [0, 0.05) is 23.4 Å². The molecule has 0 aliphatic heterocycles. The van der Waals surface area contributed by atoms with Gasteiger partial charge in [-0.2, -0.15) is 0 Å². The smallest absolute Gasteiger partial charge is 0.168 e. The molecular weight excluding hydrogens is 226 g/mol. The van der Waals surface area contributed by atoms with Crippen LogP contribution in [0.3, 0.4) is 0 Å². The van der Waals surface area contributed by atoms with Gasteiger partial charge in [-0.25, -0.2) is 4.57 Å². The van der Waals surface area contributed by atoms with Gasteiger partial charge in [0.15, 0.2) is 12.4 Å². The van der Waals surface area contributed by atoms with E-state index in [-0.39, 0.29) is 0 Å². The third-order valence-electron chi connectivity index (χ3n) is 2.15. The largest absolute Gasteiger partial charge is 0.205 e. The van der Waals surface area contributed by atoms with Crippen LogP contribution in [0.25, 0.3) is 0 Å². The molecule has 0 amide bonds. The Morgan fingerprint density at radius 3 is 2.54 bits per heavy atom. The molecule has 0 aliphatic rings. The molecule has 1 heterocycles. The van der Waals surface area contributed by atoms with E-state index in [1.54, 1.807) is 0 Å². The number of aryl methyl sites for hydroxylation is 1. The van der Waals surface area contributed by atoms with E-state index in [0.717, 1.165) is 6.54 Å². The van der Waals surface area contributed by atoms with E-state index in [0.29, 0.717) is 4.83 Å². The fraction of sp³-hybridized carbons (Fsp3) is 0.545. The maximum absolute atomic E-state index is 3.64. The van der Waals surface area contributed by atoms with Crippen LogP contribution in [0.4, 0.5) is 0 Å². The van der Waals surface area contributed by atoms with Crippen molar-refractivity contribution >= 4 is 15.9 Å². The highest BCUT2D eigenvalue weighted by Crippen LogP contribution is 2.10. The molecule has 0 fully saturated rings. The molecule has 0 saturated carbocycles. The summed E-state index contributed by atoms with van der Waals surface area (Å²) >= 11 is 3.64. The van der Waals surface area contributed by atoms with Gasteiger partial charge >= 0.3 is 0 Å². The molecule has 1 atom stereocenters. The predicted octanol–water partition coefficient (Wildman–Crippen LogP) is 2.93. The number of alkyl halides is 1. The first kappa shape index (κ1) is 10.7. The van der Waals surface area contributed by atoms with Crippen LogP contribution in [0.5, 0.6) is 0 Å². The summed E-state index contributed by atoms with van der Waals surface area (Å²) in [6, 6.07) is 6.20. The monoisotopic (exact) mass is 242 g/mol. The lowest BCUT2D eigenvalue weighted by atomic mass is 10.2. The SMILES string of the molecule is CCC(Br)CCC[n+]1ccccc1. The molecule has 2 heteroatoms. The molecular formula is C11H17BrN+. The van der Waals surface area contributed by atoms with Gasteiger partial charge in [-0.15, -0.1) is 0 Å². The second-order valence-corrected chi connectivity index (χ2v) is 4.56. The Bertz CT molecular complexity index is 223. The second-order valence-electron chi connectivity index (χ2n) is 3.26. The highest BCUT2D eigenvalue weighted by atomic mass is 79.9. The molecule has 0 saturated heterocycles. The molecule has 0 spiro atoms. The average molecular weight is 243 g/mol. The minimum Gasteiger partial charge on any atom is -0.205 e. The normalized spacial score (nSPS) is 12.8.